The number of pyridine rings is 1. The Morgan fingerprint density at radius 3 is 2.87 bits per heavy atom. The largest absolute Gasteiger partial charge is 0.445 e. The molecule has 0 saturated heterocycles. The van der Waals surface area contributed by atoms with Crippen molar-refractivity contribution >= 4 is 11.8 Å². The molecular formula is C16H15N3O4. The minimum absolute atomic E-state index is 0.0242. The van der Waals surface area contributed by atoms with E-state index >= 15 is 0 Å². The minimum atomic E-state index is -0.465. The van der Waals surface area contributed by atoms with Crippen LogP contribution in [0.15, 0.2) is 42.6 Å². The number of ether oxygens (including phenoxy) is 1. The molecule has 0 saturated carbocycles. The third-order valence-electron chi connectivity index (χ3n) is 3.71. The van der Waals surface area contributed by atoms with Gasteiger partial charge in [0.05, 0.1) is 17.2 Å². The second-order valence-corrected chi connectivity index (χ2v) is 5.27. The predicted molar refractivity (Wildman–Crippen MR) is 81.6 cm³/mol. The lowest BCUT2D eigenvalue weighted by atomic mass is 10.1. The Labute approximate surface area is 132 Å². The van der Waals surface area contributed by atoms with Gasteiger partial charge in [-0.2, -0.15) is 0 Å². The third kappa shape index (κ3) is 3.45. The van der Waals surface area contributed by atoms with Gasteiger partial charge in [-0.15, -0.1) is 0 Å². The van der Waals surface area contributed by atoms with Gasteiger partial charge >= 0.3 is 6.09 Å². The summed E-state index contributed by atoms with van der Waals surface area (Å²) in [4.78, 5) is 28.1. The van der Waals surface area contributed by atoms with E-state index in [0.717, 1.165) is 11.1 Å². The first-order valence-corrected chi connectivity index (χ1v) is 7.21. The molecule has 2 heterocycles. The zero-order chi connectivity index (χ0) is 16.2. The number of amides is 1. The fraction of sp³-hybridized carbons (Fsp3) is 0.250. The second-order valence-electron chi connectivity index (χ2n) is 5.27. The number of hydrogen-bond acceptors (Lipinski definition) is 5. The van der Waals surface area contributed by atoms with Crippen LogP contribution in [-0.2, 0) is 24.3 Å². The molecule has 0 spiro atoms. The average Bonchev–Trinajstić information content (AvgIpc) is 2.59. The van der Waals surface area contributed by atoms with Gasteiger partial charge in [0, 0.05) is 12.6 Å². The Kier molecular flexibility index (Phi) is 4.18. The summed E-state index contributed by atoms with van der Waals surface area (Å²) in [6.45, 7) is 0.987. The first-order chi connectivity index (χ1) is 11.1. The van der Waals surface area contributed by atoms with E-state index in [4.69, 9.17) is 4.74 Å². The van der Waals surface area contributed by atoms with Crippen LogP contribution in [0.25, 0.3) is 0 Å². The summed E-state index contributed by atoms with van der Waals surface area (Å²) in [5, 5.41) is 10.8. The maximum absolute atomic E-state index is 12.1. The molecule has 23 heavy (non-hydrogen) atoms. The Hall–Kier alpha value is -2.96. The van der Waals surface area contributed by atoms with Crippen LogP contribution in [-0.4, -0.2) is 27.4 Å². The molecule has 0 fully saturated rings. The fourth-order valence-corrected chi connectivity index (χ4v) is 2.47. The monoisotopic (exact) mass is 313 g/mol. The van der Waals surface area contributed by atoms with Crippen molar-refractivity contribution in [2.75, 3.05) is 6.54 Å². The SMILES string of the molecule is O=C(OCc1ccccc1)N1CCc2cc([N+](=O)[O-])cnc2C1. The quantitative estimate of drug-likeness (QED) is 0.642. The average molecular weight is 313 g/mol. The molecule has 2 aromatic rings. The van der Waals surface area contributed by atoms with Crippen LogP contribution >= 0.6 is 0 Å². The molecule has 1 aromatic carbocycles. The highest BCUT2D eigenvalue weighted by molar-refractivity contribution is 5.68. The van der Waals surface area contributed by atoms with Crippen LogP contribution < -0.4 is 0 Å². The van der Waals surface area contributed by atoms with Crippen LogP contribution in [0.1, 0.15) is 16.8 Å². The van der Waals surface area contributed by atoms with E-state index in [1.54, 1.807) is 4.90 Å². The molecule has 1 aliphatic heterocycles. The van der Waals surface area contributed by atoms with Crippen molar-refractivity contribution in [3.63, 3.8) is 0 Å². The van der Waals surface area contributed by atoms with Crippen molar-refractivity contribution in [3.8, 4) is 0 Å². The van der Waals surface area contributed by atoms with Gasteiger partial charge in [0.15, 0.2) is 0 Å². The summed E-state index contributed by atoms with van der Waals surface area (Å²) in [5.74, 6) is 0. The lowest BCUT2D eigenvalue weighted by Gasteiger charge is -2.27. The van der Waals surface area contributed by atoms with E-state index in [-0.39, 0.29) is 12.3 Å². The Bertz CT molecular complexity index is 733. The smallest absolute Gasteiger partial charge is 0.410 e. The number of aromatic nitrogens is 1. The number of nitro groups is 1. The molecule has 0 aliphatic carbocycles. The summed E-state index contributed by atoms with van der Waals surface area (Å²) in [5.41, 5.74) is 2.39. The summed E-state index contributed by atoms with van der Waals surface area (Å²) in [7, 11) is 0. The van der Waals surface area contributed by atoms with E-state index in [9.17, 15) is 14.9 Å². The molecule has 0 radical (unpaired) electrons. The van der Waals surface area contributed by atoms with Crippen molar-refractivity contribution < 1.29 is 14.5 Å². The maximum Gasteiger partial charge on any atom is 0.410 e. The highest BCUT2D eigenvalue weighted by Gasteiger charge is 2.24. The van der Waals surface area contributed by atoms with Crippen LogP contribution in [0.2, 0.25) is 0 Å². The molecule has 0 atom stereocenters. The lowest BCUT2D eigenvalue weighted by molar-refractivity contribution is -0.385. The van der Waals surface area contributed by atoms with Crippen LogP contribution in [0.5, 0.6) is 0 Å². The molecule has 0 unspecified atom stereocenters. The lowest BCUT2D eigenvalue weighted by Crippen LogP contribution is -2.36. The number of fused-ring (bicyclic) bond motifs is 1. The number of hydrogen-bond donors (Lipinski definition) is 0. The molecule has 7 heteroatoms. The Balaban J connectivity index is 1.62. The minimum Gasteiger partial charge on any atom is -0.445 e. The molecule has 118 valence electrons. The van der Waals surface area contributed by atoms with E-state index in [0.29, 0.717) is 25.2 Å². The second kappa shape index (κ2) is 6.43. The molecule has 3 rings (SSSR count). The molecular weight excluding hydrogens is 298 g/mol. The van der Waals surface area contributed by atoms with Gasteiger partial charge in [-0.3, -0.25) is 15.1 Å². The van der Waals surface area contributed by atoms with E-state index in [1.165, 1.54) is 12.3 Å². The Morgan fingerprint density at radius 1 is 1.35 bits per heavy atom. The summed E-state index contributed by atoms with van der Waals surface area (Å²) in [6.07, 6.45) is 1.35. The van der Waals surface area contributed by atoms with Gasteiger partial charge in [-0.05, 0) is 17.5 Å². The van der Waals surface area contributed by atoms with Gasteiger partial charge < -0.3 is 9.64 Å². The number of carbonyl (C=O) groups excluding carboxylic acids is 1. The standard InChI is InChI=1S/C16H15N3O4/c20-16(23-11-12-4-2-1-3-5-12)18-7-6-13-8-14(19(21)22)9-17-15(13)10-18/h1-5,8-9H,6-7,10-11H2. The van der Waals surface area contributed by atoms with Gasteiger partial charge in [0.2, 0.25) is 0 Å². The van der Waals surface area contributed by atoms with Crippen molar-refractivity contribution in [1.29, 1.82) is 0 Å². The van der Waals surface area contributed by atoms with Crippen LogP contribution in [0.4, 0.5) is 10.5 Å². The first kappa shape index (κ1) is 15.0. The van der Waals surface area contributed by atoms with Crippen molar-refractivity contribution in [2.45, 2.75) is 19.6 Å². The van der Waals surface area contributed by atoms with E-state index in [1.807, 2.05) is 30.3 Å². The van der Waals surface area contributed by atoms with Gasteiger partial charge in [0.1, 0.15) is 12.8 Å². The molecule has 0 bridgehead atoms. The first-order valence-electron chi connectivity index (χ1n) is 7.21. The fourth-order valence-electron chi connectivity index (χ4n) is 2.47. The molecule has 1 amide bonds. The third-order valence-corrected chi connectivity index (χ3v) is 3.71. The normalized spacial score (nSPS) is 13.3. The number of benzene rings is 1. The van der Waals surface area contributed by atoms with Gasteiger partial charge in [-0.1, -0.05) is 30.3 Å². The molecule has 0 N–H and O–H groups in total. The zero-order valence-electron chi connectivity index (χ0n) is 12.3. The number of carbonyl (C=O) groups is 1. The summed E-state index contributed by atoms with van der Waals surface area (Å²) < 4.78 is 5.30. The highest BCUT2D eigenvalue weighted by Crippen LogP contribution is 2.22. The summed E-state index contributed by atoms with van der Waals surface area (Å²) in [6, 6.07) is 11.0. The van der Waals surface area contributed by atoms with E-state index in [2.05, 4.69) is 4.98 Å². The van der Waals surface area contributed by atoms with Crippen molar-refractivity contribution in [2.24, 2.45) is 0 Å². The summed E-state index contributed by atoms with van der Waals surface area (Å²) >= 11 is 0. The van der Waals surface area contributed by atoms with Crippen molar-refractivity contribution in [1.82, 2.24) is 9.88 Å². The number of nitrogens with zero attached hydrogens (tertiary/aromatic N) is 3. The highest BCUT2D eigenvalue weighted by atomic mass is 16.6. The predicted octanol–water partition coefficient (Wildman–Crippen LogP) is 2.68. The van der Waals surface area contributed by atoms with Crippen molar-refractivity contribution in [3.05, 3.63) is 69.5 Å². The molecule has 7 nitrogen and oxygen atoms in total. The van der Waals surface area contributed by atoms with Crippen LogP contribution in [0.3, 0.4) is 0 Å². The molecule has 1 aliphatic rings. The van der Waals surface area contributed by atoms with Crippen LogP contribution in [0, 0.1) is 10.1 Å². The molecule has 1 aromatic heterocycles. The van der Waals surface area contributed by atoms with E-state index < -0.39 is 11.0 Å². The van der Waals surface area contributed by atoms with Gasteiger partial charge in [-0.25, -0.2) is 4.79 Å². The number of rotatable bonds is 3. The topological polar surface area (TPSA) is 85.6 Å². The van der Waals surface area contributed by atoms with Gasteiger partial charge in [0.25, 0.3) is 5.69 Å². The Morgan fingerprint density at radius 2 is 2.13 bits per heavy atom. The zero-order valence-corrected chi connectivity index (χ0v) is 12.3. The maximum atomic E-state index is 12.1.